The van der Waals surface area contributed by atoms with Crippen molar-refractivity contribution in [3.8, 4) is 5.82 Å². The largest absolute Gasteiger partial charge is 0.354 e. The highest BCUT2D eigenvalue weighted by atomic mass is 16.2. The van der Waals surface area contributed by atoms with E-state index in [1.165, 1.54) is 0 Å². The first-order valence-corrected chi connectivity index (χ1v) is 8.17. The first kappa shape index (κ1) is 14.2. The Hall–Kier alpha value is -2.44. The van der Waals surface area contributed by atoms with Crippen molar-refractivity contribution in [2.75, 3.05) is 18.0 Å². The number of nitrogens with one attached hydrogen (secondary N) is 1. The van der Waals surface area contributed by atoms with Crippen LogP contribution in [0.5, 0.6) is 0 Å². The molecule has 2 aromatic rings. The monoisotopic (exact) mass is 312 g/mol. The Morgan fingerprint density at radius 3 is 2.70 bits per heavy atom. The van der Waals surface area contributed by atoms with Gasteiger partial charge in [-0.1, -0.05) is 0 Å². The van der Waals surface area contributed by atoms with Crippen LogP contribution in [0.15, 0.2) is 30.9 Å². The summed E-state index contributed by atoms with van der Waals surface area (Å²) in [4.78, 5) is 18.4. The van der Waals surface area contributed by atoms with Crippen LogP contribution in [0.1, 0.15) is 25.7 Å². The van der Waals surface area contributed by atoms with Gasteiger partial charge in [0.2, 0.25) is 5.91 Å². The fraction of sp³-hybridized carbons (Fsp3) is 0.500. The van der Waals surface area contributed by atoms with E-state index >= 15 is 0 Å². The molecule has 2 aliphatic rings. The summed E-state index contributed by atoms with van der Waals surface area (Å²) in [5, 5.41) is 11.7. The van der Waals surface area contributed by atoms with Crippen molar-refractivity contribution in [1.82, 2.24) is 25.1 Å². The molecule has 23 heavy (non-hydrogen) atoms. The lowest BCUT2D eigenvalue weighted by Crippen LogP contribution is -2.44. The molecule has 0 spiro atoms. The normalized spacial score (nSPS) is 21.2. The van der Waals surface area contributed by atoms with E-state index in [0.717, 1.165) is 50.4 Å². The molecular formula is C16H20N6O. The van der Waals surface area contributed by atoms with E-state index in [4.69, 9.17) is 0 Å². The van der Waals surface area contributed by atoms with Crippen molar-refractivity contribution in [2.45, 2.75) is 31.7 Å². The lowest BCUT2D eigenvalue weighted by molar-refractivity contribution is -0.125. The van der Waals surface area contributed by atoms with Gasteiger partial charge in [-0.3, -0.25) is 9.36 Å². The van der Waals surface area contributed by atoms with Crippen LogP contribution in [-0.4, -0.2) is 44.8 Å². The average molecular weight is 312 g/mol. The average Bonchev–Trinajstić information content (AvgIpc) is 3.24. The first-order chi connectivity index (χ1) is 11.3. The van der Waals surface area contributed by atoms with Gasteiger partial charge in [-0.15, -0.1) is 10.2 Å². The van der Waals surface area contributed by atoms with Crippen LogP contribution in [0.25, 0.3) is 5.82 Å². The molecule has 1 unspecified atom stereocenters. The van der Waals surface area contributed by atoms with E-state index in [0.29, 0.717) is 6.04 Å². The molecular weight excluding hydrogens is 292 g/mol. The van der Waals surface area contributed by atoms with E-state index in [1.54, 1.807) is 12.5 Å². The number of imidazole rings is 1. The fourth-order valence-electron chi connectivity index (χ4n) is 2.97. The van der Waals surface area contributed by atoms with Crippen molar-refractivity contribution in [1.29, 1.82) is 0 Å². The molecule has 120 valence electrons. The van der Waals surface area contributed by atoms with E-state index in [9.17, 15) is 4.79 Å². The molecule has 7 heteroatoms. The van der Waals surface area contributed by atoms with E-state index < -0.39 is 0 Å². The minimum atomic E-state index is 0.0551. The number of rotatable bonds is 4. The maximum Gasteiger partial charge on any atom is 0.225 e. The Labute approximate surface area is 134 Å². The van der Waals surface area contributed by atoms with Crippen molar-refractivity contribution in [3.63, 3.8) is 0 Å². The molecule has 1 N–H and O–H groups in total. The molecule has 3 heterocycles. The van der Waals surface area contributed by atoms with Crippen LogP contribution in [-0.2, 0) is 4.79 Å². The Balaban J connectivity index is 1.43. The number of amides is 1. The number of piperidine rings is 1. The Morgan fingerprint density at radius 2 is 2.00 bits per heavy atom. The summed E-state index contributed by atoms with van der Waals surface area (Å²) < 4.78 is 1.82. The fourth-order valence-corrected chi connectivity index (χ4v) is 2.97. The van der Waals surface area contributed by atoms with E-state index in [-0.39, 0.29) is 11.8 Å². The van der Waals surface area contributed by atoms with Gasteiger partial charge in [0.25, 0.3) is 0 Å². The second-order valence-electron chi connectivity index (χ2n) is 6.29. The quantitative estimate of drug-likeness (QED) is 0.917. The molecule has 1 aliphatic heterocycles. The highest BCUT2D eigenvalue weighted by Crippen LogP contribution is 2.24. The number of aromatic nitrogens is 4. The maximum atomic E-state index is 12.3. The number of hydrogen-bond donors (Lipinski definition) is 1. The topological polar surface area (TPSA) is 75.9 Å². The standard InChI is InChI=1S/C16H20N6O/c23-16(18-13-3-4-13)12-2-1-8-21(10-12)14-5-6-15(20-19-14)22-9-7-17-11-22/h5-7,9,11-13H,1-4,8,10H2,(H,18,23). The van der Waals surface area contributed by atoms with E-state index in [1.807, 2.05) is 22.9 Å². The van der Waals surface area contributed by atoms with Crippen LogP contribution in [0, 0.1) is 5.92 Å². The van der Waals surface area contributed by atoms with Gasteiger partial charge >= 0.3 is 0 Å². The smallest absolute Gasteiger partial charge is 0.225 e. The lowest BCUT2D eigenvalue weighted by atomic mass is 9.97. The predicted octanol–water partition coefficient (Wildman–Crippen LogP) is 1.16. The molecule has 1 saturated carbocycles. The van der Waals surface area contributed by atoms with Crippen LogP contribution in [0.4, 0.5) is 5.82 Å². The molecule has 4 rings (SSSR count). The molecule has 2 fully saturated rings. The number of nitrogens with zero attached hydrogens (tertiary/aromatic N) is 5. The second-order valence-corrected chi connectivity index (χ2v) is 6.29. The van der Waals surface area contributed by atoms with Crippen LogP contribution in [0.3, 0.4) is 0 Å². The minimum Gasteiger partial charge on any atom is -0.354 e. The number of hydrogen-bond acceptors (Lipinski definition) is 5. The summed E-state index contributed by atoms with van der Waals surface area (Å²) in [6.45, 7) is 1.64. The van der Waals surface area contributed by atoms with Gasteiger partial charge in [-0.2, -0.15) is 0 Å². The van der Waals surface area contributed by atoms with E-state index in [2.05, 4.69) is 25.4 Å². The highest BCUT2D eigenvalue weighted by molar-refractivity contribution is 5.80. The molecule has 1 aliphatic carbocycles. The summed E-state index contributed by atoms with van der Waals surface area (Å²) in [6, 6.07) is 4.31. The van der Waals surface area contributed by atoms with Crippen molar-refractivity contribution >= 4 is 11.7 Å². The highest BCUT2D eigenvalue weighted by Gasteiger charge is 2.30. The molecule has 1 saturated heterocycles. The van der Waals surface area contributed by atoms with Crippen LogP contribution < -0.4 is 10.2 Å². The van der Waals surface area contributed by atoms with Gasteiger partial charge in [-0.05, 0) is 37.8 Å². The number of carbonyl (C=O) groups is 1. The van der Waals surface area contributed by atoms with Gasteiger partial charge in [0.05, 0.1) is 5.92 Å². The summed E-state index contributed by atoms with van der Waals surface area (Å²) in [7, 11) is 0. The van der Waals surface area contributed by atoms with Crippen molar-refractivity contribution in [3.05, 3.63) is 30.9 Å². The minimum absolute atomic E-state index is 0.0551. The zero-order chi connectivity index (χ0) is 15.6. The summed E-state index contributed by atoms with van der Waals surface area (Å²) in [5.74, 6) is 1.82. The molecule has 7 nitrogen and oxygen atoms in total. The summed E-state index contributed by atoms with van der Waals surface area (Å²) in [5.41, 5.74) is 0. The molecule has 1 atom stereocenters. The third-order valence-corrected chi connectivity index (χ3v) is 4.45. The van der Waals surface area contributed by atoms with Crippen LogP contribution in [0.2, 0.25) is 0 Å². The van der Waals surface area contributed by atoms with Gasteiger partial charge in [-0.25, -0.2) is 4.98 Å². The van der Waals surface area contributed by atoms with Crippen molar-refractivity contribution in [2.24, 2.45) is 5.92 Å². The third-order valence-electron chi connectivity index (χ3n) is 4.45. The molecule has 2 aromatic heterocycles. The Bertz CT molecular complexity index is 664. The second kappa shape index (κ2) is 5.98. The lowest BCUT2D eigenvalue weighted by Gasteiger charge is -2.32. The zero-order valence-corrected chi connectivity index (χ0v) is 12.9. The molecule has 0 radical (unpaired) electrons. The number of anilines is 1. The predicted molar refractivity (Wildman–Crippen MR) is 85.3 cm³/mol. The van der Waals surface area contributed by atoms with Gasteiger partial charge < -0.3 is 10.2 Å². The number of carbonyl (C=O) groups excluding carboxylic acids is 1. The SMILES string of the molecule is O=C(NC1CC1)C1CCCN(c2ccc(-n3ccnc3)nn2)C1. The summed E-state index contributed by atoms with van der Waals surface area (Å²) in [6.07, 6.45) is 9.46. The van der Waals surface area contributed by atoms with Gasteiger partial charge in [0.1, 0.15) is 6.33 Å². The third kappa shape index (κ3) is 3.18. The van der Waals surface area contributed by atoms with Crippen molar-refractivity contribution < 1.29 is 4.79 Å². The Kier molecular flexibility index (Phi) is 3.69. The van der Waals surface area contributed by atoms with Gasteiger partial charge in [0, 0.05) is 31.5 Å². The molecule has 0 bridgehead atoms. The Morgan fingerprint density at radius 1 is 1.17 bits per heavy atom. The van der Waals surface area contributed by atoms with Crippen LogP contribution >= 0.6 is 0 Å². The summed E-state index contributed by atoms with van der Waals surface area (Å²) >= 11 is 0. The van der Waals surface area contributed by atoms with Gasteiger partial charge in [0.15, 0.2) is 11.6 Å². The zero-order valence-electron chi connectivity index (χ0n) is 12.9. The maximum absolute atomic E-state index is 12.3. The molecule has 1 amide bonds. The molecule has 0 aromatic carbocycles. The first-order valence-electron chi connectivity index (χ1n) is 8.17.